The normalized spacial score (nSPS) is 11.8. The summed E-state index contributed by atoms with van der Waals surface area (Å²) in [6.45, 7) is 0.413. The van der Waals surface area contributed by atoms with Crippen LogP contribution in [0.15, 0.2) is 48.5 Å². The predicted molar refractivity (Wildman–Crippen MR) is 97.3 cm³/mol. The number of anilines is 1. The lowest BCUT2D eigenvalue weighted by molar-refractivity contribution is -0.137. The number of hydrogen-bond donors (Lipinski definition) is 1. The van der Waals surface area contributed by atoms with Crippen LogP contribution in [0, 0.1) is 0 Å². The lowest BCUT2D eigenvalue weighted by Crippen LogP contribution is -2.04. The molecule has 4 nitrogen and oxygen atoms in total. The number of halogens is 3. The van der Waals surface area contributed by atoms with Crippen molar-refractivity contribution >= 4 is 38.0 Å². The van der Waals surface area contributed by atoms with Crippen LogP contribution in [0.1, 0.15) is 10.6 Å². The van der Waals surface area contributed by atoms with Crippen molar-refractivity contribution in [3.63, 3.8) is 0 Å². The number of thiazole rings is 1. The minimum atomic E-state index is -4.37. The molecule has 0 saturated carbocycles. The Balaban J connectivity index is 1.49. The number of nitrogens with one attached hydrogen (secondary N) is 1. The summed E-state index contributed by atoms with van der Waals surface area (Å²) in [6, 6.07) is 13.3. The summed E-state index contributed by atoms with van der Waals surface area (Å²) in [5.74, 6) is 0. The molecule has 132 valence electrons. The van der Waals surface area contributed by atoms with Gasteiger partial charge >= 0.3 is 6.18 Å². The summed E-state index contributed by atoms with van der Waals surface area (Å²) >= 11 is 2.77. The van der Waals surface area contributed by atoms with E-state index in [-0.39, 0.29) is 0 Å². The van der Waals surface area contributed by atoms with E-state index in [4.69, 9.17) is 0 Å². The van der Waals surface area contributed by atoms with Gasteiger partial charge in [-0.25, -0.2) is 4.98 Å². The summed E-state index contributed by atoms with van der Waals surface area (Å²) in [7, 11) is 0. The lowest BCUT2D eigenvalue weighted by Gasteiger charge is -2.04. The van der Waals surface area contributed by atoms with Gasteiger partial charge in [0.05, 0.1) is 22.3 Å². The predicted octanol–water partition coefficient (Wildman–Crippen LogP) is 5.45. The molecule has 0 saturated heterocycles. The molecule has 0 amide bonds. The topological polar surface area (TPSA) is 50.7 Å². The Kier molecular flexibility index (Phi) is 4.33. The lowest BCUT2D eigenvalue weighted by atomic mass is 10.2. The van der Waals surface area contributed by atoms with Crippen LogP contribution in [-0.2, 0) is 12.7 Å². The molecule has 0 aliphatic heterocycles. The maximum Gasteiger partial charge on any atom is 0.416 e. The molecule has 2 aromatic carbocycles. The van der Waals surface area contributed by atoms with Gasteiger partial charge in [0.25, 0.3) is 0 Å². The molecule has 4 aromatic rings. The Morgan fingerprint density at radius 3 is 2.54 bits per heavy atom. The van der Waals surface area contributed by atoms with E-state index < -0.39 is 11.7 Å². The minimum Gasteiger partial charge on any atom is -0.355 e. The molecule has 4 rings (SSSR count). The second-order valence-corrected chi connectivity index (χ2v) is 7.51. The molecule has 0 aliphatic carbocycles. The molecule has 2 aromatic heterocycles. The molecule has 26 heavy (non-hydrogen) atoms. The molecule has 0 aliphatic rings. The Morgan fingerprint density at radius 2 is 1.77 bits per heavy atom. The standard InChI is InChI=1S/C17H11F3N4S2/c18-17(19,20)11-6-7-13-12(8-11)22-16(25-13)21-9-14-23-24-15(26-14)10-4-2-1-3-5-10/h1-8H,9H2,(H,21,22). The number of fused-ring (bicyclic) bond motifs is 1. The second kappa shape index (κ2) is 6.65. The van der Waals surface area contributed by atoms with Gasteiger partial charge in [0.2, 0.25) is 0 Å². The third kappa shape index (κ3) is 3.54. The first-order valence-electron chi connectivity index (χ1n) is 7.58. The third-order valence-electron chi connectivity index (χ3n) is 3.59. The van der Waals surface area contributed by atoms with E-state index in [2.05, 4.69) is 20.5 Å². The first-order valence-corrected chi connectivity index (χ1v) is 9.22. The molecule has 9 heteroatoms. The number of alkyl halides is 3. The summed E-state index contributed by atoms with van der Waals surface area (Å²) in [5.41, 5.74) is 0.629. The van der Waals surface area contributed by atoms with Crippen LogP contribution >= 0.6 is 22.7 Å². The number of aromatic nitrogens is 3. The van der Waals surface area contributed by atoms with Gasteiger partial charge in [0.1, 0.15) is 10.0 Å². The quantitative estimate of drug-likeness (QED) is 0.502. The van der Waals surface area contributed by atoms with Crippen LogP contribution in [0.4, 0.5) is 18.3 Å². The highest BCUT2D eigenvalue weighted by Gasteiger charge is 2.30. The van der Waals surface area contributed by atoms with Gasteiger partial charge in [-0.3, -0.25) is 0 Å². The van der Waals surface area contributed by atoms with Gasteiger partial charge in [0, 0.05) is 5.56 Å². The van der Waals surface area contributed by atoms with E-state index >= 15 is 0 Å². The van der Waals surface area contributed by atoms with Gasteiger partial charge in [-0.2, -0.15) is 13.2 Å². The van der Waals surface area contributed by atoms with Crippen molar-refractivity contribution in [2.45, 2.75) is 12.7 Å². The van der Waals surface area contributed by atoms with Crippen LogP contribution in [-0.4, -0.2) is 15.2 Å². The van der Waals surface area contributed by atoms with E-state index in [9.17, 15) is 13.2 Å². The highest BCUT2D eigenvalue weighted by atomic mass is 32.1. The fourth-order valence-electron chi connectivity index (χ4n) is 2.35. The number of hydrogen-bond acceptors (Lipinski definition) is 6. The first kappa shape index (κ1) is 16.9. The molecule has 1 N–H and O–H groups in total. The molecule has 0 unspecified atom stereocenters. The van der Waals surface area contributed by atoms with E-state index in [1.165, 1.54) is 28.7 Å². The molecule has 0 radical (unpaired) electrons. The average Bonchev–Trinajstić information content (AvgIpc) is 3.26. The van der Waals surface area contributed by atoms with Gasteiger partial charge in [-0.05, 0) is 18.2 Å². The zero-order valence-corrected chi connectivity index (χ0v) is 14.8. The highest BCUT2D eigenvalue weighted by molar-refractivity contribution is 7.22. The molecule has 0 spiro atoms. The van der Waals surface area contributed by atoms with E-state index in [0.717, 1.165) is 27.7 Å². The van der Waals surface area contributed by atoms with Crippen LogP contribution in [0.2, 0.25) is 0 Å². The van der Waals surface area contributed by atoms with Crippen LogP contribution < -0.4 is 5.32 Å². The summed E-state index contributed by atoms with van der Waals surface area (Å²) in [6.07, 6.45) is -4.37. The number of benzene rings is 2. The Morgan fingerprint density at radius 1 is 0.962 bits per heavy atom. The molecular weight excluding hydrogens is 381 g/mol. The molecule has 2 heterocycles. The zero-order chi connectivity index (χ0) is 18.1. The molecule has 0 bridgehead atoms. The number of nitrogens with zero attached hydrogens (tertiary/aromatic N) is 3. The largest absolute Gasteiger partial charge is 0.416 e. The van der Waals surface area contributed by atoms with Crippen molar-refractivity contribution in [2.24, 2.45) is 0 Å². The van der Waals surface area contributed by atoms with Crippen molar-refractivity contribution in [1.29, 1.82) is 0 Å². The van der Waals surface area contributed by atoms with E-state index in [1.807, 2.05) is 30.3 Å². The summed E-state index contributed by atoms with van der Waals surface area (Å²) < 4.78 is 39.0. The zero-order valence-electron chi connectivity index (χ0n) is 13.1. The first-order chi connectivity index (χ1) is 12.5. The maximum atomic E-state index is 12.8. The highest BCUT2D eigenvalue weighted by Crippen LogP contribution is 2.34. The van der Waals surface area contributed by atoms with Gasteiger partial charge in [-0.1, -0.05) is 53.0 Å². The minimum absolute atomic E-state index is 0.328. The van der Waals surface area contributed by atoms with Crippen molar-refractivity contribution in [3.8, 4) is 10.6 Å². The number of rotatable bonds is 4. The molecule has 0 fully saturated rings. The fraction of sp³-hybridized carbons (Fsp3) is 0.118. The van der Waals surface area contributed by atoms with Crippen molar-refractivity contribution in [3.05, 3.63) is 59.1 Å². The van der Waals surface area contributed by atoms with Crippen molar-refractivity contribution < 1.29 is 13.2 Å². The fourth-order valence-corrected chi connectivity index (χ4v) is 3.98. The third-order valence-corrected chi connectivity index (χ3v) is 5.56. The summed E-state index contributed by atoms with van der Waals surface area (Å²) in [5, 5.41) is 13.6. The van der Waals surface area contributed by atoms with Crippen LogP contribution in [0.3, 0.4) is 0 Å². The van der Waals surface area contributed by atoms with E-state index in [0.29, 0.717) is 21.9 Å². The Hall–Kier alpha value is -2.52. The van der Waals surface area contributed by atoms with Gasteiger partial charge in [0.15, 0.2) is 5.13 Å². The van der Waals surface area contributed by atoms with Crippen LogP contribution in [0.25, 0.3) is 20.8 Å². The monoisotopic (exact) mass is 392 g/mol. The van der Waals surface area contributed by atoms with Crippen LogP contribution in [0.5, 0.6) is 0 Å². The Labute approximate surface area is 154 Å². The summed E-state index contributed by atoms with van der Waals surface area (Å²) in [4.78, 5) is 4.23. The molecular formula is C17H11F3N4S2. The smallest absolute Gasteiger partial charge is 0.355 e. The van der Waals surface area contributed by atoms with Crippen molar-refractivity contribution in [2.75, 3.05) is 5.32 Å². The van der Waals surface area contributed by atoms with Gasteiger partial charge < -0.3 is 5.32 Å². The van der Waals surface area contributed by atoms with E-state index in [1.54, 1.807) is 0 Å². The maximum absolute atomic E-state index is 12.8. The van der Waals surface area contributed by atoms with Crippen molar-refractivity contribution in [1.82, 2.24) is 15.2 Å². The molecule has 0 atom stereocenters. The van der Waals surface area contributed by atoms with Gasteiger partial charge in [-0.15, -0.1) is 10.2 Å². The Bertz CT molecular complexity index is 1040. The SMILES string of the molecule is FC(F)(F)c1ccc2sc(NCc3nnc(-c4ccccc4)s3)nc2c1. The second-order valence-electron chi connectivity index (χ2n) is 5.42. The average molecular weight is 392 g/mol.